The van der Waals surface area contributed by atoms with E-state index in [0.29, 0.717) is 17.9 Å². The Hall–Kier alpha value is -2.27. The topological polar surface area (TPSA) is 70.9 Å². The number of H-pyrrole nitrogens is 1. The van der Waals surface area contributed by atoms with Gasteiger partial charge in [0.25, 0.3) is 5.91 Å². The minimum atomic E-state index is -0.110. The lowest BCUT2D eigenvalue weighted by molar-refractivity contribution is 0.0947. The molecule has 0 saturated carbocycles. The maximum atomic E-state index is 12.0. The fourth-order valence-electron chi connectivity index (χ4n) is 1.94. The number of rotatable bonds is 3. The molecule has 1 aromatic carbocycles. The molecule has 1 amide bonds. The van der Waals surface area contributed by atoms with Crippen LogP contribution in [0.5, 0.6) is 0 Å². The first-order valence-corrected chi connectivity index (χ1v) is 6.84. The summed E-state index contributed by atoms with van der Waals surface area (Å²) in [5.41, 5.74) is 8.98. The third-order valence-corrected chi connectivity index (χ3v) is 3.65. The number of anilines is 1. The monoisotopic (exact) mass is 271 g/mol. The van der Waals surface area contributed by atoms with Gasteiger partial charge in [-0.3, -0.25) is 4.79 Å². The van der Waals surface area contributed by atoms with Gasteiger partial charge < -0.3 is 16.0 Å². The van der Waals surface area contributed by atoms with Gasteiger partial charge in [-0.25, -0.2) is 0 Å². The third-order valence-electron chi connectivity index (χ3n) is 2.92. The number of thiophene rings is 1. The average Bonchev–Trinajstić information content (AvgIpc) is 3.04. The van der Waals surface area contributed by atoms with E-state index in [4.69, 9.17) is 5.73 Å². The molecule has 0 unspecified atom stereocenters. The van der Waals surface area contributed by atoms with Crippen molar-refractivity contribution in [2.45, 2.75) is 6.54 Å². The lowest BCUT2D eigenvalue weighted by atomic mass is 10.2. The number of aromatic amines is 1. The highest BCUT2D eigenvalue weighted by Crippen LogP contribution is 2.18. The molecule has 4 N–H and O–H groups in total. The van der Waals surface area contributed by atoms with E-state index >= 15 is 0 Å². The Bertz CT molecular complexity index is 715. The van der Waals surface area contributed by atoms with Gasteiger partial charge in [0.1, 0.15) is 5.69 Å². The number of benzene rings is 1. The van der Waals surface area contributed by atoms with Gasteiger partial charge in [-0.15, -0.1) is 0 Å². The lowest BCUT2D eigenvalue weighted by Gasteiger charge is -2.01. The van der Waals surface area contributed by atoms with E-state index in [0.717, 1.165) is 16.5 Å². The predicted molar refractivity (Wildman–Crippen MR) is 78.2 cm³/mol. The van der Waals surface area contributed by atoms with Crippen molar-refractivity contribution in [2.24, 2.45) is 0 Å². The SMILES string of the molecule is Nc1ccc2[nH]c(C(=O)NCc3ccsc3)cc2c1. The zero-order chi connectivity index (χ0) is 13.2. The van der Waals surface area contributed by atoms with Gasteiger partial charge in [0.15, 0.2) is 0 Å². The molecular weight excluding hydrogens is 258 g/mol. The molecule has 5 heteroatoms. The molecule has 0 aliphatic heterocycles. The van der Waals surface area contributed by atoms with Gasteiger partial charge in [0.05, 0.1) is 0 Å². The Morgan fingerprint density at radius 3 is 3.00 bits per heavy atom. The van der Waals surface area contributed by atoms with Crippen LogP contribution in [0.15, 0.2) is 41.1 Å². The first-order valence-electron chi connectivity index (χ1n) is 5.90. The number of nitrogen functional groups attached to an aromatic ring is 1. The summed E-state index contributed by atoms with van der Waals surface area (Å²) in [5, 5.41) is 7.84. The normalized spacial score (nSPS) is 10.7. The van der Waals surface area contributed by atoms with E-state index in [1.165, 1.54) is 0 Å². The highest BCUT2D eigenvalue weighted by Gasteiger charge is 2.09. The molecule has 0 saturated heterocycles. The van der Waals surface area contributed by atoms with Crippen molar-refractivity contribution < 1.29 is 4.79 Å². The van der Waals surface area contributed by atoms with Gasteiger partial charge in [-0.2, -0.15) is 11.3 Å². The van der Waals surface area contributed by atoms with Crippen LogP contribution in [0.3, 0.4) is 0 Å². The number of hydrogen-bond donors (Lipinski definition) is 3. The van der Waals surface area contributed by atoms with Gasteiger partial charge in [0.2, 0.25) is 0 Å². The van der Waals surface area contributed by atoms with Crippen LogP contribution in [0, 0.1) is 0 Å². The molecule has 0 spiro atoms. The highest BCUT2D eigenvalue weighted by molar-refractivity contribution is 7.07. The molecule has 2 heterocycles. The zero-order valence-corrected chi connectivity index (χ0v) is 11.0. The molecule has 0 aliphatic rings. The van der Waals surface area contributed by atoms with Crippen molar-refractivity contribution in [1.29, 1.82) is 0 Å². The average molecular weight is 271 g/mol. The fraction of sp³-hybridized carbons (Fsp3) is 0.0714. The molecule has 0 fully saturated rings. The molecule has 2 aromatic heterocycles. The Balaban J connectivity index is 1.77. The van der Waals surface area contributed by atoms with Gasteiger partial charge in [-0.05, 0) is 46.7 Å². The van der Waals surface area contributed by atoms with Crippen molar-refractivity contribution in [3.05, 3.63) is 52.3 Å². The molecule has 3 aromatic rings. The summed E-state index contributed by atoms with van der Waals surface area (Å²) in [4.78, 5) is 15.1. The van der Waals surface area contributed by atoms with Crippen LogP contribution in [0.1, 0.15) is 16.1 Å². The number of aromatic nitrogens is 1. The van der Waals surface area contributed by atoms with Crippen LogP contribution in [-0.4, -0.2) is 10.9 Å². The molecule has 0 atom stereocenters. The van der Waals surface area contributed by atoms with Gasteiger partial charge in [-0.1, -0.05) is 0 Å². The largest absolute Gasteiger partial charge is 0.399 e. The second-order valence-electron chi connectivity index (χ2n) is 4.34. The van der Waals surface area contributed by atoms with E-state index in [-0.39, 0.29) is 5.91 Å². The summed E-state index contributed by atoms with van der Waals surface area (Å²) >= 11 is 1.62. The van der Waals surface area contributed by atoms with Gasteiger partial charge >= 0.3 is 0 Å². The van der Waals surface area contributed by atoms with Crippen LogP contribution in [-0.2, 0) is 6.54 Å². The zero-order valence-electron chi connectivity index (χ0n) is 10.1. The van der Waals surface area contributed by atoms with Crippen LogP contribution >= 0.6 is 11.3 Å². The number of amides is 1. The molecule has 0 aliphatic carbocycles. The van der Waals surface area contributed by atoms with E-state index < -0.39 is 0 Å². The number of nitrogens with two attached hydrogens (primary N) is 1. The van der Waals surface area contributed by atoms with Crippen LogP contribution in [0.2, 0.25) is 0 Å². The van der Waals surface area contributed by atoms with E-state index in [2.05, 4.69) is 10.3 Å². The number of nitrogens with one attached hydrogen (secondary N) is 2. The molecule has 0 bridgehead atoms. The minimum absolute atomic E-state index is 0.110. The van der Waals surface area contributed by atoms with Crippen molar-refractivity contribution in [3.63, 3.8) is 0 Å². The van der Waals surface area contributed by atoms with Crippen molar-refractivity contribution in [3.8, 4) is 0 Å². The Kier molecular flexibility index (Phi) is 2.97. The summed E-state index contributed by atoms with van der Waals surface area (Å²) in [5.74, 6) is -0.110. The number of hydrogen-bond acceptors (Lipinski definition) is 3. The molecule has 96 valence electrons. The Morgan fingerprint density at radius 2 is 2.21 bits per heavy atom. The Morgan fingerprint density at radius 1 is 1.32 bits per heavy atom. The second kappa shape index (κ2) is 4.78. The quantitative estimate of drug-likeness (QED) is 0.641. The molecule has 0 radical (unpaired) electrons. The number of carbonyl (C=O) groups is 1. The minimum Gasteiger partial charge on any atom is -0.399 e. The summed E-state index contributed by atoms with van der Waals surface area (Å²) in [6, 6.07) is 9.35. The maximum absolute atomic E-state index is 12.0. The van der Waals surface area contributed by atoms with Crippen LogP contribution in [0.25, 0.3) is 10.9 Å². The number of fused-ring (bicyclic) bond motifs is 1. The Labute approximate surface area is 114 Å². The molecule has 19 heavy (non-hydrogen) atoms. The second-order valence-corrected chi connectivity index (χ2v) is 5.12. The summed E-state index contributed by atoms with van der Waals surface area (Å²) < 4.78 is 0. The highest BCUT2D eigenvalue weighted by atomic mass is 32.1. The molecule has 4 nitrogen and oxygen atoms in total. The summed E-state index contributed by atoms with van der Waals surface area (Å²) in [7, 11) is 0. The van der Waals surface area contributed by atoms with E-state index in [1.54, 1.807) is 11.3 Å². The lowest BCUT2D eigenvalue weighted by Crippen LogP contribution is -2.22. The summed E-state index contributed by atoms with van der Waals surface area (Å²) in [6.45, 7) is 0.542. The maximum Gasteiger partial charge on any atom is 0.267 e. The first kappa shape index (κ1) is 11.8. The fourth-order valence-corrected chi connectivity index (χ4v) is 2.61. The number of carbonyl (C=O) groups excluding carboxylic acids is 1. The first-order chi connectivity index (χ1) is 9.22. The third kappa shape index (κ3) is 2.46. The summed E-state index contributed by atoms with van der Waals surface area (Å²) in [6.07, 6.45) is 0. The van der Waals surface area contributed by atoms with E-state index in [1.807, 2.05) is 41.1 Å². The van der Waals surface area contributed by atoms with E-state index in [9.17, 15) is 4.79 Å². The molecular formula is C14H13N3OS. The van der Waals surface area contributed by atoms with Crippen LogP contribution < -0.4 is 11.1 Å². The van der Waals surface area contributed by atoms with Crippen molar-refractivity contribution in [1.82, 2.24) is 10.3 Å². The molecule has 3 rings (SSSR count). The predicted octanol–water partition coefficient (Wildman–Crippen LogP) is 2.74. The van der Waals surface area contributed by atoms with Crippen LogP contribution in [0.4, 0.5) is 5.69 Å². The van der Waals surface area contributed by atoms with Gasteiger partial charge in [0, 0.05) is 23.1 Å². The van der Waals surface area contributed by atoms with Crippen molar-refractivity contribution in [2.75, 3.05) is 5.73 Å². The smallest absolute Gasteiger partial charge is 0.267 e. The van der Waals surface area contributed by atoms with Crippen molar-refractivity contribution >= 4 is 33.8 Å². The standard InChI is InChI=1S/C14H13N3OS/c15-11-1-2-12-10(5-11)6-13(17-12)14(18)16-7-9-3-4-19-8-9/h1-6,8,17H,7,15H2,(H,16,18).